The molecule has 2 N–H and O–H groups in total. The highest BCUT2D eigenvalue weighted by Crippen LogP contribution is 2.25. The number of hydrogen-bond donors (Lipinski definition) is 1. The molecule has 80 valence electrons. The molecule has 3 heteroatoms. The predicted molar refractivity (Wildman–Crippen MR) is 60.4 cm³/mol. The van der Waals surface area contributed by atoms with Gasteiger partial charge in [-0.1, -0.05) is 0 Å². The molecule has 0 atom stereocenters. The van der Waals surface area contributed by atoms with Gasteiger partial charge in [-0.25, -0.2) is 4.39 Å². The molecule has 0 amide bonds. The Kier molecular flexibility index (Phi) is 2.49. The summed E-state index contributed by atoms with van der Waals surface area (Å²) < 4.78 is 15.2. The summed E-state index contributed by atoms with van der Waals surface area (Å²) in [5.74, 6) is -0.185. The summed E-state index contributed by atoms with van der Waals surface area (Å²) in [5.41, 5.74) is 8.96. The molecule has 2 aromatic rings. The number of rotatable bonds is 2. The van der Waals surface area contributed by atoms with Crippen LogP contribution in [0.15, 0.2) is 18.2 Å². The van der Waals surface area contributed by atoms with Gasteiger partial charge in [0.05, 0.1) is 0 Å². The van der Waals surface area contributed by atoms with E-state index in [1.807, 2.05) is 20.0 Å². The van der Waals surface area contributed by atoms with Crippen molar-refractivity contribution >= 4 is 10.9 Å². The summed E-state index contributed by atoms with van der Waals surface area (Å²) in [6.07, 6.45) is 0.832. The highest BCUT2D eigenvalue weighted by Gasteiger charge is 2.11. The Morgan fingerprint density at radius 2 is 2.13 bits per heavy atom. The Balaban J connectivity index is 2.73. The zero-order valence-electron chi connectivity index (χ0n) is 9.05. The zero-order valence-corrected chi connectivity index (χ0v) is 9.05. The van der Waals surface area contributed by atoms with Crippen molar-refractivity contribution in [3.63, 3.8) is 0 Å². The van der Waals surface area contributed by atoms with Gasteiger partial charge < -0.3 is 10.3 Å². The third-order valence-corrected chi connectivity index (χ3v) is 2.94. The number of aromatic nitrogens is 1. The van der Waals surface area contributed by atoms with Crippen LogP contribution in [0.1, 0.15) is 11.3 Å². The fourth-order valence-corrected chi connectivity index (χ4v) is 2.15. The summed E-state index contributed by atoms with van der Waals surface area (Å²) in [5, 5.41) is 0.987. The first-order chi connectivity index (χ1) is 7.15. The third-order valence-electron chi connectivity index (χ3n) is 2.94. The van der Waals surface area contributed by atoms with Crippen LogP contribution >= 0.6 is 0 Å². The molecule has 1 aromatic heterocycles. The Morgan fingerprint density at radius 1 is 1.40 bits per heavy atom. The highest BCUT2D eigenvalue weighted by atomic mass is 19.1. The first-order valence-corrected chi connectivity index (χ1v) is 5.08. The molecule has 2 rings (SSSR count). The van der Waals surface area contributed by atoms with Gasteiger partial charge >= 0.3 is 0 Å². The minimum Gasteiger partial charge on any atom is -0.347 e. The molecule has 2 nitrogen and oxygen atoms in total. The van der Waals surface area contributed by atoms with E-state index >= 15 is 0 Å². The van der Waals surface area contributed by atoms with Gasteiger partial charge in [0.1, 0.15) is 5.82 Å². The molecule has 0 aliphatic rings. The van der Waals surface area contributed by atoms with Crippen molar-refractivity contribution in [2.24, 2.45) is 12.8 Å². The number of hydrogen-bond acceptors (Lipinski definition) is 1. The summed E-state index contributed by atoms with van der Waals surface area (Å²) in [6.45, 7) is 2.64. The van der Waals surface area contributed by atoms with E-state index in [-0.39, 0.29) is 5.82 Å². The lowest BCUT2D eigenvalue weighted by Gasteiger charge is -2.03. The topological polar surface area (TPSA) is 30.9 Å². The molecule has 0 bridgehead atoms. The van der Waals surface area contributed by atoms with Gasteiger partial charge in [-0.3, -0.25) is 0 Å². The highest BCUT2D eigenvalue weighted by molar-refractivity contribution is 5.85. The van der Waals surface area contributed by atoms with Crippen molar-refractivity contribution in [2.75, 3.05) is 6.54 Å². The minimum absolute atomic E-state index is 0.185. The molecule has 0 radical (unpaired) electrons. The zero-order chi connectivity index (χ0) is 11.0. The van der Waals surface area contributed by atoms with Crippen molar-refractivity contribution in [1.82, 2.24) is 4.57 Å². The summed E-state index contributed by atoms with van der Waals surface area (Å²) in [7, 11) is 2.00. The first kappa shape index (κ1) is 10.2. The molecule has 0 fully saturated rings. The van der Waals surface area contributed by atoms with E-state index in [1.165, 1.54) is 11.8 Å². The van der Waals surface area contributed by atoms with Crippen LogP contribution in [0.5, 0.6) is 0 Å². The van der Waals surface area contributed by atoms with Crippen molar-refractivity contribution in [2.45, 2.75) is 13.3 Å². The Morgan fingerprint density at radius 3 is 2.80 bits per heavy atom. The van der Waals surface area contributed by atoms with Gasteiger partial charge in [0.2, 0.25) is 0 Å². The number of nitrogens with two attached hydrogens (primary N) is 1. The first-order valence-electron chi connectivity index (χ1n) is 5.08. The fraction of sp³-hybridized carbons (Fsp3) is 0.333. The van der Waals surface area contributed by atoms with Gasteiger partial charge in [-0.2, -0.15) is 0 Å². The average molecular weight is 206 g/mol. The van der Waals surface area contributed by atoms with Gasteiger partial charge in [-0.15, -0.1) is 0 Å². The van der Waals surface area contributed by atoms with E-state index in [2.05, 4.69) is 4.57 Å². The summed E-state index contributed by atoms with van der Waals surface area (Å²) in [4.78, 5) is 0. The lowest BCUT2D eigenvalue weighted by molar-refractivity contribution is 0.629. The fourth-order valence-electron chi connectivity index (χ4n) is 2.15. The Bertz CT molecular complexity index is 500. The normalized spacial score (nSPS) is 11.2. The average Bonchev–Trinajstić information content (AvgIpc) is 2.44. The third kappa shape index (κ3) is 1.53. The van der Waals surface area contributed by atoms with E-state index in [4.69, 9.17) is 5.73 Å². The second kappa shape index (κ2) is 3.66. The van der Waals surface area contributed by atoms with Crippen molar-refractivity contribution in [3.8, 4) is 0 Å². The number of aryl methyl sites for hydroxylation is 2. The van der Waals surface area contributed by atoms with E-state index in [0.717, 1.165) is 22.9 Å². The van der Waals surface area contributed by atoms with Crippen LogP contribution in [-0.4, -0.2) is 11.1 Å². The minimum atomic E-state index is -0.185. The molecule has 0 saturated carbocycles. The maximum atomic E-state index is 13.1. The van der Waals surface area contributed by atoms with Crippen LogP contribution in [0.25, 0.3) is 10.9 Å². The smallest absolute Gasteiger partial charge is 0.123 e. The summed E-state index contributed by atoms with van der Waals surface area (Å²) >= 11 is 0. The monoisotopic (exact) mass is 206 g/mol. The molecule has 15 heavy (non-hydrogen) atoms. The van der Waals surface area contributed by atoms with E-state index < -0.39 is 0 Å². The molecule has 1 aromatic carbocycles. The van der Waals surface area contributed by atoms with Gasteiger partial charge in [0.15, 0.2) is 0 Å². The van der Waals surface area contributed by atoms with E-state index in [9.17, 15) is 4.39 Å². The summed E-state index contributed by atoms with van der Waals surface area (Å²) in [6, 6.07) is 4.90. The van der Waals surface area contributed by atoms with Crippen molar-refractivity contribution in [3.05, 3.63) is 35.3 Å². The molecule has 1 heterocycles. The molecular formula is C12H15FN2. The van der Waals surface area contributed by atoms with Crippen molar-refractivity contribution in [1.29, 1.82) is 0 Å². The van der Waals surface area contributed by atoms with Gasteiger partial charge in [-0.05, 0) is 37.2 Å². The number of halogens is 1. The number of fused-ring (bicyclic) bond motifs is 1. The molecule has 0 aliphatic heterocycles. The Labute approximate surface area is 88.5 Å². The number of benzene rings is 1. The SMILES string of the molecule is Cc1c(CCN)n(C)c2ccc(F)cc12. The quantitative estimate of drug-likeness (QED) is 0.801. The van der Waals surface area contributed by atoms with Crippen LogP contribution in [0, 0.1) is 12.7 Å². The second-order valence-electron chi connectivity index (χ2n) is 3.83. The van der Waals surface area contributed by atoms with Crippen LogP contribution in [0.3, 0.4) is 0 Å². The molecule has 0 spiro atoms. The lowest BCUT2D eigenvalue weighted by atomic mass is 10.1. The predicted octanol–water partition coefficient (Wildman–Crippen LogP) is 2.13. The van der Waals surface area contributed by atoms with Crippen LogP contribution in [0.2, 0.25) is 0 Å². The molecule has 0 unspecified atom stereocenters. The van der Waals surface area contributed by atoms with E-state index in [0.29, 0.717) is 6.54 Å². The second-order valence-corrected chi connectivity index (χ2v) is 3.83. The number of nitrogens with zero attached hydrogens (tertiary/aromatic N) is 1. The standard InChI is InChI=1S/C12H15FN2/c1-8-10-7-9(13)3-4-12(10)15(2)11(8)5-6-14/h3-4,7H,5-6,14H2,1-2H3. The molecule has 0 saturated heterocycles. The maximum absolute atomic E-state index is 13.1. The molecular weight excluding hydrogens is 191 g/mol. The maximum Gasteiger partial charge on any atom is 0.123 e. The van der Waals surface area contributed by atoms with Gasteiger partial charge in [0, 0.05) is 30.1 Å². The molecule has 0 aliphatic carbocycles. The van der Waals surface area contributed by atoms with Crippen LogP contribution in [-0.2, 0) is 13.5 Å². The van der Waals surface area contributed by atoms with E-state index in [1.54, 1.807) is 6.07 Å². The largest absolute Gasteiger partial charge is 0.347 e. The lowest BCUT2D eigenvalue weighted by Crippen LogP contribution is -2.07. The van der Waals surface area contributed by atoms with Crippen LogP contribution < -0.4 is 5.73 Å². The van der Waals surface area contributed by atoms with Crippen LogP contribution in [0.4, 0.5) is 4.39 Å². The Hall–Kier alpha value is -1.35. The van der Waals surface area contributed by atoms with Crippen molar-refractivity contribution < 1.29 is 4.39 Å². The van der Waals surface area contributed by atoms with Gasteiger partial charge in [0.25, 0.3) is 0 Å².